The molecule has 1 fully saturated rings. The van der Waals surface area contributed by atoms with E-state index < -0.39 is 0 Å². The summed E-state index contributed by atoms with van der Waals surface area (Å²) >= 11 is 3.63. The summed E-state index contributed by atoms with van der Waals surface area (Å²) in [5.41, 5.74) is 2.85. The van der Waals surface area contributed by atoms with Crippen molar-refractivity contribution in [1.29, 1.82) is 0 Å². The molecular formula is C18H29BrN2. The summed E-state index contributed by atoms with van der Waals surface area (Å²) in [4.78, 5) is 2.59. The van der Waals surface area contributed by atoms with Gasteiger partial charge in [0.1, 0.15) is 0 Å². The molecule has 2 nitrogen and oxygen atoms in total. The first-order chi connectivity index (χ1) is 10.2. The van der Waals surface area contributed by atoms with Gasteiger partial charge in [-0.05, 0) is 62.4 Å². The van der Waals surface area contributed by atoms with E-state index in [2.05, 4.69) is 65.1 Å². The van der Waals surface area contributed by atoms with Crippen molar-refractivity contribution >= 4 is 21.6 Å². The van der Waals surface area contributed by atoms with Gasteiger partial charge in [-0.1, -0.05) is 36.2 Å². The van der Waals surface area contributed by atoms with Gasteiger partial charge in [0.15, 0.2) is 0 Å². The van der Waals surface area contributed by atoms with Crippen molar-refractivity contribution in [2.75, 3.05) is 24.5 Å². The molecule has 2 unspecified atom stereocenters. The summed E-state index contributed by atoms with van der Waals surface area (Å²) in [7, 11) is 0. The zero-order valence-corrected chi connectivity index (χ0v) is 15.2. The lowest BCUT2D eigenvalue weighted by molar-refractivity contribution is 0.529. The maximum Gasteiger partial charge on any atom is 0.0415 e. The molecule has 0 saturated carbocycles. The summed E-state index contributed by atoms with van der Waals surface area (Å²) in [6, 6.07) is 7.16. The Hall–Kier alpha value is -0.540. The molecule has 0 aliphatic carbocycles. The van der Waals surface area contributed by atoms with E-state index in [1.54, 1.807) is 0 Å². The molecule has 1 aliphatic heterocycles. The lowest BCUT2D eigenvalue weighted by Gasteiger charge is -2.26. The van der Waals surface area contributed by atoms with Crippen LogP contribution in [0.3, 0.4) is 0 Å². The van der Waals surface area contributed by atoms with Gasteiger partial charge >= 0.3 is 0 Å². The highest BCUT2D eigenvalue weighted by atomic mass is 79.9. The van der Waals surface area contributed by atoms with E-state index in [1.807, 2.05) is 0 Å². The van der Waals surface area contributed by atoms with Crippen LogP contribution in [0.2, 0.25) is 0 Å². The predicted molar refractivity (Wildman–Crippen MR) is 96.1 cm³/mol. The van der Waals surface area contributed by atoms with Crippen LogP contribution in [-0.4, -0.2) is 19.6 Å². The molecular weight excluding hydrogens is 324 g/mol. The molecule has 1 aliphatic rings. The topological polar surface area (TPSA) is 15.3 Å². The molecule has 1 heterocycles. The highest BCUT2D eigenvalue weighted by Crippen LogP contribution is 2.33. The van der Waals surface area contributed by atoms with Gasteiger partial charge in [-0.2, -0.15) is 0 Å². The molecule has 0 spiro atoms. The third-order valence-electron chi connectivity index (χ3n) is 4.48. The lowest BCUT2D eigenvalue weighted by Crippen LogP contribution is -2.25. The summed E-state index contributed by atoms with van der Waals surface area (Å²) in [5, 5.41) is 3.63. The molecule has 21 heavy (non-hydrogen) atoms. The second kappa shape index (κ2) is 8.19. The average molecular weight is 353 g/mol. The molecule has 1 N–H and O–H groups in total. The van der Waals surface area contributed by atoms with Crippen molar-refractivity contribution in [3.63, 3.8) is 0 Å². The first-order valence-corrected chi connectivity index (χ1v) is 9.22. The number of nitrogens with one attached hydrogen (secondary N) is 1. The van der Waals surface area contributed by atoms with Crippen molar-refractivity contribution in [1.82, 2.24) is 5.32 Å². The van der Waals surface area contributed by atoms with Gasteiger partial charge in [0.05, 0.1) is 0 Å². The fraction of sp³-hybridized carbons (Fsp3) is 0.667. The van der Waals surface area contributed by atoms with Crippen LogP contribution in [0.15, 0.2) is 22.7 Å². The highest BCUT2D eigenvalue weighted by molar-refractivity contribution is 9.10. The van der Waals surface area contributed by atoms with Crippen LogP contribution in [0.4, 0.5) is 5.69 Å². The zero-order valence-electron chi connectivity index (χ0n) is 13.7. The minimum Gasteiger partial charge on any atom is -0.371 e. The fourth-order valence-corrected chi connectivity index (χ4v) is 3.71. The quantitative estimate of drug-likeness (QED) is 0.730. The fourth-order valence-electron chi connectivity index (χ4n) is 3.33. The van der Waals surface area contributed by atoms with E-state index in [-0.39, 0.29) is 0 Å². The second-order valence-corrected chi connectivity index (χ2v) is 7.18. The van der Waals surface area contributed by atoms with Crippen LogP contribution < -0.4 is 10.2 Å². The van der Waals surface area contributed by atoms with Gasteiger partial charge in [-0.25, -0.2) is 0 Å². The lowest BCUT2D eigenvalue weighted by atomic mass is 10.0. The number of hydrogen-bond donors (Lipinski definition) is 1. The molecule has 2 rings (SSSR count). The molecule has 1 aromatic carbocycles. The van der Waals surface area contributed by atoms with Crippen molar-refractivity contribution < 1.29 is 0 Å². The SMILES string of the molecule is CCCNC(C)c1cc(Br)ccc1N1CCC(CCC)C1. The van der Waals surface area contributed by atoms with E-state index in [4.69, 9.17) is 0 Å². The van der Waals surface area contributed by atoms with Crippen LogP contribution in [0.1, 0.15) is 58.1 Å². The van der Waals surface area contributed by atoms with Gasteiger partial charge < -0.3 is 10.2 Å². The van der Waals surface area contributed by atoms with E-state index in [9.17, 15) is 0 Å². The van der Waals surface area contributed by atoms with Gasteiger partial charge in [0, 0.05) is 29.3 Å². The maximum atomic E-state index is 3.63. The predicted octanol–water partition coefficient (Wildman–Crippen LogP) is 5.14. The Morgan fingerprint density at radius 2 is 2.14 bits per heavy atom. The van der Waals surface area contributed by atoms with Crippen LogP contribution in [-0.2, 0) is 0 Å². The Morgan fingerprint density at radius 3 is 2.86 bits per heavy atom. The Bertz CT molecular complexity index is 447. The molecule has 1 aromatic rings. The van der Waals surface area contributed by atoms with E-state index in [1.165, 1.54) is 54.5 Å². The van der Waals surface area contributed by atoms with Crippen molar-refractivity contribution in [2.45, 2.75) is 52.5 Å². The van der Waals surface area contributed by atoms with Crippen molar-refractivity contribution in [3.8, 4) is 0 Å². The summed E-state index contributed by atoms with van der Waals surface area (Å²) in [5.74, 6) is 0.880. The van der Waals surface area contributed by atoms with Gasteiger partial charge in [0.2, 0.25) is 0 Å². The summed E-state index contributed by atoms with van der Waals surface area (Å²) in [6.45, 7) is 10.3. The third kappa shape index (κ3) is 4.46. The summed E-state index contributed by atoms with van der Waals surface area (Å²) < 4.78 is 1.18. The number of rotatable bonds is 7. The van der Waals surface area contributed by atoms with Gasteiger partial charge in [0.25, 0.3) is 0 Å². The standard InChI is InChI=1S/C18H29BrN2/c1-4-6-15-9-11-21(13-15)18-8-7-16(19)12-17(18)14(3)20-10-5-2/h7-8,12,14-15,20H,4-6,9-11,13H2,1-3H3. The molecule has 1 saturated heterocycles. The first kappa shape index (κ1) is 16.8. The van der Waals surface area contributed by atoms with Gasteiger partial charge in [-0.3, -0.25) is 0 Å². The van der Waals surface area contributed by atoms with E-state index in [0.29, 0.717) is 6.04 Å². The Kier molecular flexibility index (Phi) is 6.56. The number of benzene rings is 1. The highest BCUT2D eigenvalue weighted by Gasteiger charge is 2.24. The van der Waals surface area contributed by atoms with Crippen LogP contribution in [0.5, 0.6) is 0 Å². The van der Waals surface area contributed by atoms with Gasteiger partial charge in [-0.15, -0.1) is 0 Å². The largest absolute Gasteiger partial charge is 0.371 e. The molecule has 118 valence electrons. The maximum absolute atomic E-state index is 3.63. The Morgan fingerprint density at radius 1 is 1.33 bits per heavy atom. The third-order valence-corrected chi connectivity index (χ3v) is 4.97. The minimum absolute atomic E-state index is 0.405. The second-order valence-electron chi connectivity index (χ2n) is 6.27. The molecule has 0 radical (unpaired) electrons. The monoisotopic (exact) mass is 352 g/mol. The Balaban J connectivity index is 2.15. The van der Waals surface area contributed by atoms with Crippen LogP contribution >= 0.6 is 15.9 Å². The number of anilines is 1. The normalized spacial score (nSPS) is 20.0. The van der Waals surface area contributed by atoms with Crippen LogP contribution in [0, 0.1) is 5.92 Å². The number of hydrogen-bond acceptors (Lipinski definition) is 2. The smallest absolute Gasteiger partial charge is 0.0415 e. The molecule has 2 atom stereocenters. The van der Waals surface area contributed by atoms with Crippen LogP contribution in [0.25, 0.3) is 0 Å². The van der Waals surface area contributed by atoms with Crippen molar-refractivity contribution in [3.05, 3.63) is 28.2 Å². The first-order valence-electron chi connectivity index (χ1n) is 8.43. The average Bonchev–Trinajstić information content (AvgIpc) is 2.93. The molecule has 0 bridgehead atoms. The minimum atomic E-state index is 0.405. The zero-order chi connectivity index (χ0) is 15.2. The Labute approximate surface area is 138 Å². The molecule has 0 aromatic heterocycles. The number of halogens is 1. The molecule has 3 heteroatoms. The van der Waals surface area contributed by atoms with Crippen molar-refractivity contribution in [2.24, 2.45) is 5.92 Å². The van der Waals surface area contributed by atoms with E-state index >= 15 is 0 Å². The summed E-state index contributed by atoms with van der Waals surface area (Å²) in [6.07, 6.45) is 5.20. The molecule has 0 amide bonds. The van der Waals surface area contributed by atoms with E-state index in [0.717, 1.165) is 12.5 Å². The number of nitrogens with zero attached hydrogens (tertiary/aromatic N) is 1.